The van der Waals surface area contributed by atoms with Crippen LogP contribution in [0.2, 0.25) is 0 Å². The van der Waals surface area contributed by atoms with Gasteiger partial charge in [0.15, 0.2) is 0 Å². The average molecular weight is 321 g/mol. The molecule has 6 nitrogen and oxygen atoms in total. The first-order chi connectivity index (χ1) is 10.6. The number of fused-ring (bicyclic) bond motifs is 1. The summed E-state index contributed by atoms with van der Waals surface area (Å²) in [7, 11) is 0. The lowest BCUT2D eigenvalue weighted by Crippen LogP contribution is -2.44. The fourth-order valence-electron chi connectivity index (χ4n) is 2.78. The summed E-state index contributed by atoms with van der Waals surface area (Å²) in [6, 6.07) is 6.47. The molecule has 0 aliphatic carbocycles. The van der Waals surface area contributed by atoms with Gasteiger partial charge in [-0.3, -0.25) is 4.79 Å². The standard InChI is InChI=1S/C15H19N3O3S/c19-14-9-22-13-2-1-10(7-12(13)17-14)8-16-11-3-5-18(6-4-11)15(20)21/h1-2,7,11,16H,3-6,8-9H2,(H,17,19)(H,20,21). The van der Waals surface area contributed by atoms with Gasteiger partial charge in [0.2, 0.25) is 5.91 Å². The molecule has 0 unspecified atom stereocenters. The number of thioether (sulfide) groups is 1. The van der Waals surface area contributed by atoms with Crippen molar-refractivity contribution in [1.82, 2.24) is 10.2 Å². The summed E-state index contributed by atoms with van der Waals surface area (Å²) in [6.07, 6.45) is 0.842. The lowest BCUT2D eigenvalue weighted by Gasteiger charge is -2.30. The Balaban J connectivity index is 1.53. The Hall–Kier alpha value is -1.73. The molecular formula is C15H19N3O3S. The summed E-state index contributed by atoms with van der Waals surface area (Å²) >= 11 is 1.56. The highest BCUT2D eigenvalue weighted by Crippen LogP contribution is 2.31. The third-order valence-electron chi connectivity index (χ3n) is 4.04. The minimum Gasteiger partial charge on any atom is -0.465 e. The van der Waals surface area contributed by atoms with Gasteiger partial charge in [-0.25, -0.2) is 4.79 Å². The molecule has 2 heterocycles. The van der Waals surface area contributed by atoms with E-state index in [0.29, 0.717) is 24.9 Å². The molecule has 1 saturated heterocycles. The quantitative estimate of drug-likeness (QED) is 0.793. The van der Waals surface area contributed by atoms with Crippen molar-refractivity contribution in [2.75, 3.05) is 24.2 Å². The molecule has 1 fully saturated rings. The Kier molecular flexibility index (Phi) is 4.54. The smallest absolute Gasteiger partial charge is 0.407 e. The van der Waals surface area contributed by atoms with Gasteiger partial charge >= 0.3 is 6.09 Å². The zero-order chi connectivity index (χ0) is 15.5. The molecule has 22 heavy (non-hydrogen) atoms. The van der Waals surface area contributed by atoms with E-state index in [9.17, 15) is 9.59 Å². The molecule has 0 spiro atoms. The van der Waals surface area contributed by atoms with Crippen molar-refractivity contribution in [1.29, 1.82) is 0 Å². The molecular weight excluding hydrogens is 302 g/mol. The molecule has 118 valence electrons. The van der Waals surface area contributed by atoms with Gasteiger partial charge in [-0.1, -0.05) is 6.07 Å². The topological polar surface area (TPSA) is 81.7 Å². The summed E-state index contributed by atoms with van der Waals surface area (Å²) in [6.45, 7) is 1.90. The summed E-state index contributed by atoms with van der Waals surface area (Å²) in [5, 5.41) is 15.3. The number of rotatable bonds is 3. The second-order valence-electron chi connectivity index (χ2n) is 5.59. The molecule has 3 rings (SSSR count). The first-order valence-corrected chi connectivity index (χ1v) is 8.37. The maximum Gasteiger partial charge on any atom is 0.407 e. The molecule has 2 aliphatic rings. The van der Waals surface area contributed by atoms with Crippen LogP contribution in [-0.4, -0.2) is 46.9 Å². The van der Waals surface area contributed by atoms with E-state index >= 15 is 0 Å². The molecule has 7 heteroatoms. The third kappa shape index (κ3) is 3.53. The highest BCUT2D eigenvalue weighted by molar-refractivity contribution is 8.00. The minimum atomic E-state index is -0.832. The molecule has 2 amide bonds. The molecule has 1 aromatic rings. The number of piperidine rings is 1. The van der Waals surface area contributed by atoms with Crippen LogP contribution in [-0.2, 0) is 11.3 Å². The number of benzene rings is 1. The van der Waals surface area contributed by atoms with Gasteiger partial charge in [0.25, 0.3) is 0 Å². The zero-order valence-corrected chi connectivity index (χ0v) is 13.0. The molecule has 0 radical (unpaired) electrons. The number of nitrogens with zero attached hydrogens (tertiary/aromatic N) is 1. The van der Waals surface area contributed by atoms with Gasteiger partial charge in [0.05, 0.1) is 11.4 Å². The Morgan fingerprint density at radius 2 is 2.18 bits per heavy atom. The Labute approximate surface area is 133 Å². The molecule has 0 atom stereocenters. The van der Waals surface area contributed by atoms with Crippen LogP contribution in [0.5, 0.6) is 0 Å². The summed E-state index contributed by atoms with van der Waals surface area (Å²) in [5.41, 5.74) is 2.02. The van der Waals surface area contributed by atoms with E-state index in [0.717, 1.165) is 35.5 Å². The minimum absolute atomic E-state index is 0.0450. The predicted octanol–water partition coefficient (Wildman–Crippen LogP) is 1.96. The molecule has 0 saturated carbocycles. The van der Waals surface area contributed by atoms with Crippen LogP contribution in [0, 0.1) is 0 Å². The lowest BCUT2D eigenvalue weighted by atomic mass is 10.0. The van der Waals surface area contributed by atoms with E-state index in [2.05, 4.69) is 16.7 Å². The van der Waals surface area contributed by atoms with E-state index < -0.39 is 6.09 Å². The van der Waals surface area contributed by atoms with Gasteiger partial charge in [0, 0.05) is 30.6 Å². The maximum atomic E-state index is 11.4. The number of amides is 2. The Morgan fingerprint density at radius 1 is 1.41 bits per heavy atom. The van der Waals surface area contributed by atoms with Crippen LogP contribution in [0.1, 0.15) is 18.4 Å². The highest BCUT2D eigenvalue weighted by atomic mass is 32.2. The largest absolute Gasteiger partial charge is 0.465 e. The van der Waals surface area contributed by atoms with Crippen molar-refractivity contribution in [2.24, 2.45) is 0 Å². The second-order valence-corrected chi connectivity index (χ2v) is 6.61. The number of nitrogens with one attached hydrogen (secondary N) is 2. The fourth-order valence-corrected chi connectivity index (χ4v) is 3.57. The van der Waals surface area contributed by atoms with Gasteiger partial charge in [-0.2, -0.15) is 0 Å². The van der Waals surface area contributed by atoms with Gasteiger partial charge in [-0.15, -0.1) is 11.8 Å². The highest BCUT2D eigenvalue weighted by Gasteiger charge is 2.22. The number of likely N-dealkylation sites (tertiary alicyclic amines) is 1. The van der Waals surface area contributed by atoms with E-state index in [4.69, 9.17) is 5.11 Å². The first kappa shape index (κ1) is 15.2. The van der Waals surface area contributed by atoms with Crippen molar-refractivity contribution in [3.8, 4) is 0 Å². The van der Waals surface area contributed by atoms with Crippen LogP contribution in [0.25, 0.3) is 0 Å². The predicted molar refractivity (Wildman–Crippen MR) is 85.3 cm³/mol. The monoisotopic (exact) mass is 321 g/mol. The molecule has 1 aromatic carbocycles. The number of carboxylic acid groups (broad SMARTS) is 1. The zero-order valence-electron chi connectivity index (χ0n) is 12.2. The Bertz CT molecular complexity index is 585. The van der Waals surface area contributed by atoms with Crippen molar-refractivity contribution in [2.45, 2.75) is 30.3 Å². The average Bonchev–Trinajstić information content (AvgIpc) is 2.53. The first-order valence-electron chi connectivity index (χ1n) is 7.38. The lowest BCUT2D eigenvalue weighted by molar-refractivity contribution is -0.113. The van der Waals surface area contributed by atoms with E-state index in [1.165, 1.54) is 4.90 Å². The van der Waals surface area contributed by atoms with E-state index in [-0.39, 0.29) is 5.91 Å². The fraction of sp³-hybridized carbons (Fsp3) is 0.467. The SMILES string of the molecule is O=C1CSc2ccc(CNC3CCN(C(=O)O)CC3)cc2N1. The summed E-state index contributed by atoms with van der Waals surface area (Å²) < 4.78 is 0. The summed E-state index contributed by atoms with van der Waals surface area (Å²) in [5.74, 6) is 0.524. The number of carbonyl (C=O) groups is 2. The van der Waals surface area contributed by atoms with Crippen LogP contribution < -0.4 is 10.6 Å². The van der Waals surface area contributed by atoms with Crippen LogP contribution in [0.4, 0.5) is 10.5 Å². The number of carbonyl (C=O) groups excluding carboxylic acids is 1. The van der Waals surface area contributed by atoms with Gasteiger partial charge in [-0.05, 0) is 30.5 Å². The number of anilines is 1. The molecule has 0 bridgehead atoms. The van der Waals surface area contributed by atoms with Crippen molar-refractivity contribution < 1.29 is 14.7 Å². The molecule has 3 N–H and O–H groups in total. The van der Waals surface area contributed by atoms with Crippen molar-refractivity contribution >= 4 is 29.4 Å². The van der Waals surface area contributed by atoms with Crippen molar-refractivity contribution in [3.63, 3.8) is 0 Å². The van der Waals surface area contributed by atoms with Crippen LogP contribution in [0.3, 0.4) is 0 Å². The summed E-state index contributed by atoms with van der Waals surface area (Å²) in [4.78, 5) is 24.9. The van der Waals surface area contributed by atoms with Crippen LogP contribution in [0.15, 0.2) is 23.1 Å². The normalized spacial score (nSPS) is 18.7. The van der Waals surface area contributed by atoms with Crippen molar-refractivity contribution in [3.05, 3.63) is 23.8 Å². The molecule has 2 aliphatic heterocycles. The maximum absolute atomic E-state index is 11.4. The number of hydrogen-bond donors (Lipinski definition) is 3. The van der Waals surface area contributed by atoms with Gasteiger partial charge < -0.3 is 20.6 Å². The second kappa shape index (κ2) is 6.58. The van der Waals surface area contributed by atoms with E-state index in [1.54, 1.807) is 11.8 Å². The molecule has 0 aromatic heterocycles. The van der Waals surface area contributed by atoms with Crippen LogP contribution >= 0.6 is 11.8 Å². The van der Waals surface area contributed by atoms with E-state index in [1.807, 2.05) is 12.1 Å². The Morgan fingerprint density at radius 3 is 2.91 bits per heavy atom. The number of hydrogen-bond acceptors (Lipinski definition) is 4. The van der Waals surface area contributed by atoms with Gasteiger partial charge in [0.1, 0.15) is 0 Å². The third-order valence-corrected chi connectivity index (χ3v) is 5.11.